The fourth-order valence-corrected chi connectivity index (χ4v) is 3.22. The van der Waals surface area contributed by atoms with Crippen LogP contribution >= 0.6 is 11.3 Å². The number of hydrogen-bond donors (Lipinski definition) is 1. The van der Waals surface area contributed by atoms with Gasteiger partial charge in [0.05, 0.1) is 6.04 Å². The molecule has 0 spiro atoms. The summed E-state index contributed by atoms with van der Waals surface area (Å²) < 4.78 is 1.74. The van der Waals surface area contributed by atoms with E-state index in [1.54, 1.807) is 16.0 Å². The molecule has 2 aromatic heterocycles. The third-order valence-corrected chi connectivity index (χ3v) is 4.44. The van der Waals surface area contributed by atoms with Gasteiger partial charge in [0.15, 0.2) is 0 Å². The number of rotatable bonds is 8. The molecule has 1 atom stereocenters. The summed E-state index contributed by atoms with van der Waals surface area (Å²) in [7, 11) is 1.86. The van der Waals surface area contributed by atoms with Crippen LogP contribution in [0.3, 0.4) is 0 Å². The van der Waals surface area contributed by atoms with Crippen LogP contribution in [-0.2, 0) is 18.3 Å². The number of carbonyl (C=O) groups is 1. The lowest BCUT2D eigenvalue weighted by Gasteiger charge is -2.19. The second-order valence-corrected chi connectivity index (χ2v) is 6.96. The van der Waals surface area contributed by atoms with Crippen LogP contribution in [0.15, 0.2) is 23.8 Å². The van der Waals surface area contributed by atoms with Gasteiger partial charge in [0.2, 0.25) is 5.91 Å². The third-order valence-electron chi connectivity index (χ3n) is 3.51. The van der Waals surface area contributed by atoms with Crippen molar-refractivity contribution in [3.05, 3.63) is 34.5 Å². The average Bonchev–Trinajstić information content (AvgIpc) is 3.09. The summed E-state index contributed by atoms with van der Waals surface area (Å²) in [5, 5.41) is 9.29. The third kappa shape index (κ3) is 4.94. The number of aryl methyl sites for hydroxylation is 2. The van der Waals surface area contributed by atoms with E-state index < -0.39 is 0 Å². The molecule has 0 aliphatic carbocycles. The lowest BCUT2D eigenvalue weighted by Crippen LogP contribution is -2.31. The molecule has 2 aromatic rings. The summed E-state index contributed by atoms with van der Waals surface area (Å²) in [5.74, 6) is 1.39. The van der Waals surface area contributed by atoms with Gasteiger partial charge in [-0.15, -0.1) is 11.3 Å². The second kappa shape index (κ2) is 8.08. The molecule has 5 nitrogen and oxygen atoms in total. The van der Waals surface area contributed by atoms with Gasteiger partial charge in [-0.3, -0.25) is 9.48 Å². The Morgan fingerprint density at radius 2 is 2.27 bits per heavy atom. The predicted octanol–water partition coefficient (Wildman–Crippen LogP) is 3.10. The lowest BCUT2D eigenvalue weighted by atomic mass is 10.0. The summed E-state index contributed by atoms with van der Waals surface area (Å²) in [6.45, 7) is 4.29. The van der Waals surface area contributed by atoms with E-state index >= 15 is 0 Å². The Hall–Kier alpha value is -1.69. The van der Waals surface area contributed by atoms with Crippen LogP contribution in [0.1, 0.15) is 49.9 Å². The molecule has 0 radical (unpaired) electrons. The first-order valence-electron chi connectivity index (χ1n) is 7.72. The van der Waals surface area contributed by atoms with Gasteiger partial charge in [-0.05, 0) is 36.6 Å². The quantitative estimate of drug-likeness (QED) is 0.813. The first-order valence-corrected chi connectivity index (χ1v) is 8.60. The molecule has 0 fully saturated rings. The molecule has 120 valence electrons. The van der Waals surface area contributed by atoms with Crippen molar-refractivity contribution in [2.24, 2.45) is 13.0 Å². The number of carbonyl (C=O) groups excluding carboxylic acids is 1. The van der Waals surface area contributed by atoms with Crippen molar-refractivity contribution in [1.82, 2.24) is 20.1 Å². The van der Waals surface area contributed by atoms with Crippen molar-refractivity contribution in [3.63, 3.8) is 0 Å². The van der Waals surface area contributed by atoms with Gasteiger partial charge in [-0.1, -0.05) is 19.9 Å². The standard InChI is InChI=1S/C16H24N4OS/c1-12(2)10-14(16-17-11-18-20(16)3)19-15(21)8-4-6-13-7-5-9-22-13/h5,7,9,11-12,14H,4,6,8,10H2,1-3H3,(H,19,21). The Morgan fingerprint density at radius 1 is 1.45 bits per heavy atom. The van der Waals surface area contributed by atoms with Gasteiger partial charge in [-0.2, -0.15) is 5.10 Å². The highest BCUT2D eigenvalue weighted by molar-refractivity contribution is 7.09. The maximum Gasteiger partial charge on any atom is 0.220 e. The van der Waals surface area contributed by atoms with Gasteiger partial charge in [0.1, 0.15) is 12.2 Å². The number of nitrogens with one attached hydrogen (secondary N) is 1. The SMILES string of the molecule is CC(C)CC(NC(=O)CCCc1cccs1)c1ncnn1C. The van der Waals surface area contributed by atoms with Gasteiger partial charge < -0.3 is 5.32 Å². The molecular weight excluding hydrogens is 296 g/mol. The summed E-state index contributed by atoms with van der Waals surface area (Å²) >= 11 is 1.74. The van der Waals surface area contributed by atoms with Crippen molar-refractivity contribution in [2.45, 2.75) is 45.6 Å². The van der Waals surface area contributed by atoms with Crippen LogP contribution in [0.5, 0.6) is 0 Å². The van der Waals surface area contributed by atoms with Crippen LogP contribution in [0.4, 0.5) is 0 Å². The van der Waals surface area contributed by atoms with E-state index in [2.05, 4.69) is 40.7 Å². The average molecular weight is 320 g/mol. The topological polar surface area (TPSA) is 59.8 Å². The highest BCUT2D eigenvalue weighted by atomic mass is 32.1. The summed E-state index contributed by atoms with van der Waals surface area (Å²) in [4.78, 5) is 17.8. The molecule has 0 saturated carbocycles. The molecule has 0 saturated heterocycles. The molecular formula is C16H24N4OS. The highest BCUT2D eigenvalue weighted by Crippen LogP contribution is 2.19. The van der Waals surface area contributed by atoms with Crippen molar-refractivity contribution < 1.29 is 4.79 Å². The largest absolute Gasteiger partial charge is 0.346 e. The number of nitrogens with zero attached hydrogens (tertiary/aromatic N) is 3. The van der Waals surface area contributed by atoms with Crippen LogP contribution < -0.4 is 5.32 Å². The molecule has 1 N–H and O–H groups in total. The van der Waals surface area contributed by atoms with Gasteiger partial charge in [0, 0.05) is 18.3 Å². The molecule has 0 bridgehead atoms. The van der Waals surface area contributed by atoms with Crippen molar-refractivity contribution in [3.8, 4) is 0 Å². The highest BCUT2D eigenvalue weighted by Gasteiger charge is 2.20. The van der Waals surface area contributed by atoms with Crippen LogP contribution in [0.2, 0.25) is 0 Å². The molecule has 0 aliphatic heterocycles. The summed E-state index contributed by atoms with van der Waals surface area (Å²) in [6, 6.07) is 4.10. The zero-order valence-corrected chi connectivity index (χ0v) is 14.3. The zero-order valence-electron chi connectivity index (χ0n) is 13.5. The number of thiophene rings is 1. The van der Waals surface area contributed by atoms with Crippen LogP contribution in [-0.4, -0.2) is 20.7 Å². The Morgan fingerprint density at radius 3 is 2.86 bits per heavy atom. The second-order valence-electron chi connectivity index (χ2n) is 5.92. The van der Waals surface area contributed by atoms with Crippen LogP contribution in [0.25, 0.3) is 0 Å². The summed E-state index contributed by atoms with van der Waals surface area (Å²) in [5.41, 5.74) is 0. The molecule has 1 unspecified atom stereocenters. The van der Waals surface area contributed by atoms with E-state index in [-0.39, 0.29) is 11.9 Å². The van der Waals surface area contributed by atoms with E-state index in [0.29, 0.717) is 12.3 Å². The number of hydrogen-bond acceptors (Lipinski definition) is 4. The van der Waals surface area contributed by atoms with Crippen molar-refractivity contribution in [2.75, 3.05) is 0 Å². The zero-order chi connectivity index (χ0) is 15.9. The molecule has 22 heavy (non-hydrogen) atoms. The van der Waals surface area contributed by atoms with E-state index in [4.69, 9.17) is 0 Å². The van der Waals surface area contributed by atoms with E-state index in [0.717, 1.165) is 25.1 Å². The predicted molar refractivity (Wildman–Crippen MR) is 88.6 cm³/mol. The Bertz CT molecular complexity index is 577. The molecule has 1 amide bonds. The number of aromatic nitrogens is 3. The lowest BCUT2D eigenvalue weighted by molar-refractivity contribution is -0.122. The minimum Gasteiger partial charge on any atom is -0.346 e. The fourth-order valence-electron chi connectivity index (χ4n) is 2.47. The van der Waals surface area contributed by atoms with Crippen molar-refractivity contribution in [1.29, 1.82) is 0 Å². The Kier molecular flexibility index (Phi) is 6.12. The Labute approximate surface area is 135 Å². The first-order chi connectivity index (χ1) is 10.6. The molecule has 2 rings (SSSR count). The smallest absolute Gasteiger partial charge is 0.220 e. The normalized spacial score (nSPS) is 12.5. The minimum absolute atomic E-state index is 0.0678. The molecule has 0 aliphatic rings. The fraction of sp³-hybridized carbons (Fsp3) is 0.562. The Balaban J connectivity index is 1.86. The van der Waals surface area contributed by atoms with Gasteiger partial charge in [0.25, 0.3) is 0 Å². The maximum atomic E-state index is 12.2. The van der Waals surface area contributed by atoms with E-state index in [1.807, 2.05) is 13.1 Å². The van der Waals surface area contributed by atoms with E-state index in [9.17, 15) is 4.79 Å². The first kappa shape index (κ1) is 16.7. The van der Waals surface area contributed by atoms with E-state index in [1.165, 1.54) is 11.2 Å². The van der Waals surface area contributed by atoms with Gasteiger partial charge >= 0.3 is 0 Å². The molecule has 6 heteroatoms. The van der Waals surface area contributed by atoms with Crippen LogP contribution in [0, 0.1) is 5.92 Å². The maximum absolute atomic E-state index is 12.2. The van der Waals surface area contributed by atoms with Gasteiger partial charge in [-0.25, -0.2) is 4.98 Å². The van der Waals surface area contributed by atoms with Crippen molar-refractivity contribution >= 4 is 17.2 Å². The monoisotopic (exact) mass is 320 g/mol. The minimum atomic E-state index is -0.0678. The number of amides is 1. The molecule has 2 heterocycles. The summed E-state index contributed by atoms with van der Waals surface area (Å²) in [6.07, 6.45) is 4.78. The molecule has 0 aromatic carbocycles.